The summed E-state index contributed by atoms with van der Waals surface area (Å²) in [7, 11) is 1.56. The minimum Gasteiger partial charge on any atom is -0.496 e. The first-order valence-corrected chi connectivity index (χ1v) is 12.7. The van der Waals surface area contributed by atoms with Crippen LogP contribution in [0.1, 0.15) is 61.9 Å². The van der Waals surface area contributed by atoms with E-state index in [0.717, 1.165) is 43.0 Å². The molecule has 1 aromatic carbocycles. The molecule has 10 heteroatoms. The molecule has 1 spiro atoms. The van der Waals surface area contributed by atoms with E-state index in [2.05, 4.69) is 20.9 Å². The highest BCUT2D eigenvalue weighted by atomic mass is 16.5. The first-order valence-electron chi connectivity index (χ1n) is 12.7. The van der Waals surface area contributed by atoms with Crippen molar-refractivity contribution in [1.29, 1.82) is 0 Å². The SMILES string of the molecule is COc1cccc2[nH]c(C(=O)NC(CC3CC3)C(=O)NC(CC3CCC4(CC4)NC3=O)C(N)=O)cc12. The number of fused-ring (bicyclic) bond motifs is 1. The molecule has 5 rings (SSSR count). The van der Waals surface area contributed by atoms with Crippen LogP contribution in [0.3, 0.4) is 0 Å². The Hall–Kier alpha value is -3.56. The quantitative estimate of drug-likeness (QED) is 0.338. The number of amides is 4. The number of aromatic nitrogens is 1. The molecule has 2 aromatic rings. The number of carbonyl (C=O) groups is 4. The molecule has 3 unspecified atom stereocenters. The van der Waals surface area contributed by atoms with Crippen LogP contribution in [0.4, 0.5) is 0 Å². The van der Waals surface area contributed by atoms with E-state index in [1.807, 2.05) is 18.2 Å². The van der Waals surface area contributed by atoms with Gasteiger partial charge in [-0.25, -0.2) is 0 Å². The zero-order valence-corrected chi connectivity index (χ0v) is 20.4. The lowest BCUT2D eigenvalue weighted by atomic mass is 9.87. The summed E-state index contributed by atoms with van der Waals surface area (Å²) in [6.45, 7) is 0. The third-order valence-corrected chi connectivity index (χ3v) is 7.74. The average Bonchev–Trinajstić information content (AvgIpc) is 3.77. The van der Waals surface area contributed by atoms with Crippen LogP contribution in [0.2, 0.25) is 0 Å². The maximum absolute atomic E-state index is 13.2. The van der Waals surface area contributed by atoms with E-state index in [9.17, 15) is 19.2 Å². The molecule has 6 N–H and O–H groups in total. The number of aromatic amines is 1. The Kier molecular flexibility index (Phi) is 6.36. The van der Waals surface area contributed by atoms with E-state index in [1.54, 1.807) is 13.2 Å². The summed E-state index contributed by atoms with van der Waals surface area (Å²) in [6, 6.07) is 5.35. The van der Waals surface area contributed by atoms with E-state index in [0.29, 0.717) is 30.2 Å². The molecule has 3 fully saturated rings. The Bertz CT molecular complexity index is 1200. The minimum atomic E-state index is -0.988. The van der Waals surface area contributed by atoms with Gasteiger partial charge in [0.25, 0.3) is 5.91 Å². The molecule has 3 atom stereocenters. The maximum Gasteiger partial charge on any atom is 0.268 e. The van der Waals surface area contributed by atoms with Crippen LogP contribution in [-0.4, -0.2) is 53.3 Å². The number of piperidine rings is 1. The molecule has 10 nitrogen and oxygen atoms in total. The van der Waals surface area contributed by atoms with E-state index in [1.165, 1.54) is 0 Å². The molecule has 0 bridgehead atoms. The second-order valence-electron chi connectivity index (χ2n) is 10.5. The number of benzene rings is 1. The predicted octanol–water partition coefficient (Wildman–Crippen LogP) is 1.49. The molecule has 2 aliphatic carbocycles. The van der Waals surface area contributed by atoms with Crippen LogP contribution in [-0.2, 0) is 14.4 Å². The highest BCUT2D eigenvalue weighted by Gasteiger charge is 2.48. The fourth-order valence-electron chi connectivity index (χ4n) is 5.14. The first-order chi connectivity index (χ1) is 17.3. The lowest BCUT2D eigenvalue weighted by Gasteiger charge is -2.31. The van der Waals surface area contributed by atoms with Gasteiger partial charge in [0.2, 0.25) is 17.7 Å². The molecule has 36 heavy (non-hydrogen) atoms. The normalized spacial score (nSPS) is 21.9. The second-order valence-corrected chi connectivity index (χ2v) is 10.5. The van der Waals surface area contributed by atoms with Crippen molar-refractivity contribution in [3.8, 4) is 5.75 Å². The standard InChI is InChI=1S/C26H33N5O5/c1-36-21-4-2-3-17-16(21)13-20(28-17)25(35)30-19(11-14-5-6-14)24(34)29-18(22(27)32)12-15-7-8-26(9-10-26)31-23(15)33/h2-4,13-15,18-19,28H,5-12H2,1H3,(H2,27,32)(H,29,34)(H,30,35)(H,31,33). The number of nitrogens with two attached hydrogens (primary N) is 1. The molecule has 0 radical (unpaired) electrons. The van der Waals surface area contributed by atoms with Crippen LogP contribution in [0.25, 0.3) is 10.9 Å². The summed E-state index contributed by atoms with van der Waals surface area (Å²) in [5, 5.41) is 9.37. The zero-order chi connectivity index (χ0) is 25.4. The third-order valence-electron chi connectivity index (χ3n) is 7.74. The highest BCUT2D eigenvalue weighted by molar-refractivity contribution is 6.01. The van der Waals surface area contributed by atoms with Gasteiger partial charge in [0.05, 0.1) is 7.11 Å². The van der Waals surface area contributed by atoms with Gasteiger partial charge in [-0.1, -0.05) is 18.9 Å². The fraction of sp³-hybridized carbons (Fsp3) is 0.538. The third kappa shape index (κ3) is 5.17. The van der Waals surface area contributed by atoms with E-state index in [-0.39, 0.29) is 23.8 Å². The summed E-state index contributed by atoms with van der Waals surface area (Å²) >= 11 is 0. The largest absolute Gasteiger partial charge is 0.496 e. The molecular formula is C26H33N5O5. The van der Waals surface area contributed by atoms with Crippen molar-refractivity contribution in [3.63, 3.8) is 0 Å². The van der Waals surface area contributed by atoms with Crippen LogP contribution < -0.4 is 26.4 Å². The second kappa shape index (κ2) is 9.48. The summed E-state index contributed by atoms with van der Waals surface area (Å²) in [5.74, 6) is -1.08. The number of carbonyl (C=O) groups excluding carboxylic acids is 4. The molecule has 2 saturated carbocycles. The molecule has 4 amide bonds. The van der Waals surface area contributed by atoms with Crippen LogP contribution in [0.15, 0.2) is 24.3 Å². The number of methoxy groups -OCH3 is 1. The Morgan fingerprint density at radius 2 is 1.89 bits per heavy atom. The van der Waals surface area contributed by atoms with Crippen LogP contribution in [0, 0.1) is 11.8 Å². The van der Waals surface area contributed by atoms with E-state index in [4.69, 9.17) is 10.5 Å². The molecule has 2 heterocycles. The number of primary amides is 1. The molecule has 3 aliphatic rings. The summed E-state index contributed by atoms with van der Waals surface area (Å²) in [4.78, 5) is 54.1. The summed E-state index contributed by atoms with van der Waals surface area (Å²) in [5.41, 5.74) is 6.60. The lowest BCUT2D eigenvalue weighted by Crippen LogP contribution is -2.55. The summed E-state index contributed by atoms with van der Waals surface area (Å²) < 4.78 is 5.36. The van der Waals surface area contributed by atoms with Crippen molar-refractivity contribution in [3.05, 3.63) is 30.0 Å². The Balaban J connectivity index is 1.26. The van der Waals surface area contributed by atoms with Gasteiger partial charge in [0, 0.05) is 22.4 Å². The fourth-order valence-corrected chi connectivity index (χ4v) is 5.14. The topological polar surface area (TPSA) is 155 Å². The minimum absolute atomic E-state index is 0.0503. The van der Waals surface area contributed by atoms with Crippen molar-refractivity contribution in [2.45, 2.75) is 69.0 Å². The Labute approximate surface area is 209 Å². The lowest BCUT2D eigenvalue weighted by molar-refractivity contribution is -0.132. The molecular weight excluding hydrogens is 462 g/mol. The Morgan fingerprint density at radius 1 is 1.11 bits per heavy atom. The Morgan fingerprint density at radius 3 is 2.53 bits per heavy atom. The van der Waals surface area contributed by atoms with Crippen molar-refractivity contribution >= 4 is 34.5 Å². The summed E-state index contributed by atoms with van der Waals surface area (Å²) in [6.07, 6.45) is 6.13. The van der Waals surface area contributed by atoms with Gasteiger partial charge in [-0.3, -0.25) is 19.2 Å². The molecule has 1 aromatic heterocycles. The first kappa shape index (κ1) is 24.1. The van der Waals surface area contributed by atoms with Gasteiger partial charge < -0.3 is 31.4 Å². The zero-order valence-electron chi connectivity index (χ0n) is 20.4. The number of ether oxygens (including phenoxy) is 1. The van der Waals surface area contributed by atoms with Gasteiger partial charge >= 0.3 is 0 Å². The van der Waals surface area contributed by atoms with Crippen molar-refractivity contribution in [1.82, 2.24) is 20.9 Å². The number of nitrogens with one attached hydrogen (secondary N) is 4. The number of hydrogen-bond acceptors (Lipinski definition) is 5. The highest BCUT2D eigenvalue weighted by Crippen LogP contribution is 2.44. The van der Waals surface area contributed by atoms with Gasteiger partial charge in [0.1, 0.15) is 23.5 Å². The monoisotopic (exact) mass is 495 g/mol. The van der Waals surface area contributed by atoms with Gasteiger partial charge in [-0.15, -0.1) is 0 Å². The van der Waals surface area contributed by atoms with Gasteiger partial charge in [-0.2, -0.15) is 0 Å². The van der Waals surface area contributed by atoms with Gasteiger partial charge in [-0.05, 0) is 62.6 Å². The molecule has 192 valence electrons. The number of hydrogen-bond donors (Lipinski definition) is 5. The maximum atomic E-state index is 13.2. The average molecular weight is 496 g/mol. The molecule has 1 aliphatic heterocycles. The van der Waals surface area contributed by atoms with Crippen molar-refractivity contribution in [2.24, 2.45) is 17.6 Å². The van der Waals surface area contributed by atoms with Crippen molar-refractivity contribution < 1.29 is 23.9 Å². The number of H-pyrrole nitrogens is 1. The van der Waals surface area contributed by atoms with E-state index < -0.39 is 29.8 Å². The predicted molar refractivity (Wildman–Crippen MR) is 132 cm³/mol. The smallest absolute Gasteiger partial charge is 0.268 e. The van der Waals surface area contributed by atoms with Gasteiger partial charge in [0.15, 0.2) is 0 Å². The molecule has 1 saturated heterocycles. The van der Waals surface area contributed by atoms with Crippen molar-refractivity contribution in [2.75, 3.05) is 7.11 Å². The van der Waals surface area contributed by atoms with Crippen LogP contribution in [0.5, 0.6) is 5.75 Å². The number of rotatable bonds is 10. The van der Waals surface area contributed by atoms with Crippen LogP contribution >= 0.6 is 0 Å². The van der Waals surface area contributed by atoms with E-state index >= 15 is 0 Å².